The minimum atomic E-state index is -0.212. The zero-order valence-electron chi connectivity index (χ0n) is 13.1. The molecule has 1 aromatic rings. The molecule has 0 radical (unpaired) electrons. The van der Waals surface area contributed by atoms with Gasteiger partial charge in [0.05, 0.1) is 6.10 Å². The maximum absolute atomic E-state index is 13.1. The molecule has 1 atom stereocenters. The average Bonchev–Trinajstić information content (AvgIpc) is 2.46. The van der Waals surface area contributed by atoms with E-state index in [1.54, 1.807) is 18.2 Å². The van der Waals surface area contributed by atoms with Crippen molar-refractivity contribution in [1.82, 2.24) is 0 Å². The van der Waals surface area contributed by atoms with E-state index in [2.05, 4.69) is 20.8 Å². The Balaban J connectivity index is 0.000000396. The van der Waals surface area contributed by atoms with Crippen LogP contribution < -0.4 is 0 Å². The van der Waals surface area contributed by atoms with Crippen molar-refractivity contribution >= 4 is 17.1 Å². The van der Waals surface area contributed by atoms with E-state index in [1.807, 2.05) is 6.92 Å². The summed E-state index contributed by atoms with van der Waals surface area (Å²) in [7, 11) is 0. The van der Waals surface area contributed by atoms with Gasteiger partial charge in [0.15, 0.2) is 0 Å². The number of rotatable bonds is 7. The van der Waals surface area contributed by atoms with Gasteiger partial charge in [-0.2, -0.15) is 0 Å². The second-order valence-electron chi connectivity index (χ2n) is 4.74. The van der Waals surface area contributed by atoms with Crippen LogP contribution >= 0.6 is 12.2 Å². The number of hydrogen-bond acceptors (Lipinski definition) is 2. The molecule has 0 saturated heterocycles. The van der Waals surface area contributed by atoms with Gasteiger partial charge in [0.25, 0.3) is 0 Å². The third-order valence-corrected chi connectivity index (χ3v) is 3.26. The Bertz CT molecular complexity index is 379. The van der Waals surface area contributed by atoms with Crippen LogP contribution in [0.4, 0.5) is 4.39 Å². The smallest absolute Gasteiger partial charge is 0.131 e. The monoisotopic (exact) mass is 298 g/mol. The highest BCUT2D eigenvalue weighted by Gasteiger charge is 2.04. The highest BCUT2D eigenvalue weighted by Crippen LogP contribution is 2.11. The maximum atomic E-state index is 13.1. The maximum Gasteiger partial charge on any atom is 0.131 e. The fourth-order valence-corrected chi connectivity index (χ4v) is 1.86. The molecular weight excluding hydrogens is 271 g/mol. The Hall–Kier alpha value is -0.800. The lowest BCUT2D eigenvalue weighted by molar-refractivity contribution is 0.0642. The molecule has 114 valence electrons. The second-order valence-corrected chi connectivity index (χ2v) is 5.24. The van der Waals surface area contributed by atoms with Crippen molar-refractivity contribution in [2.24, 2.45) is 0 Å². The molecule has 0 amide bonds. The lowest BCUT2D eigenvalue weighted by atomic mass is 10.1. The molecule has 0 spiro atoms. The predicted molar refractivity (Wildman–Crippen MR) is 89.0 cm³/mol. The molecule has 0 heterocycles. The number of benzene rings is 1. The first kappa shape index (κ1) is 19.2. The molecule has 0 fully saturated rings. The number of halogens is 1. The van der Waals surface area contributed by atoms with E-state index in [0.29, 0.717) is 11.7 Å². The highest BCUT2D eigenvalue weighted by molar-refractivity contribution is 7.80. The first-order chi connectivity index (χ1) is 9.56. The van der Waals surface area contributed by atoms with Crippen molar-refractivity contribution in [1.29, 1.82) is 0 Å². The van der Waals surface area contributed by atoms with E-state index in [0.717, 1.165) is 37.2 Å². The third-order valence-electron chi connectivity index (χ3n) is 2.83. The van der Waals surface area contributed by atoms with E-state index >= 15 is 0 Å². The van der Waals surface area contributed by atoms with Gasteiger partial charge in [-0.05, 0) is 32.3 Å². The third kappa shape index (κ3) is 8.39. The topological polar surface area (TPSA) is 9.23 Å². The summed E-state index contributed by atoms with van der Waals surface area (Å²) in [6, 6.07) is 6.65. The summed E-state index contributed by atoms with van der Waals surface area (Å²) in [4.78, 5) is 0.718. The lowest BCUT2D eigenvalue weighted by Crippen LogP contribution is -2.06. The number of ether oxygens (including phenoxy) is 1. The summed E-state index contributed by atoms with van der Waals surface area (Å²) in [6.45, 7) is 9.32. The van der Waals surface area contributed by atoms with Crippen molar-refractivity contribution in [3.05, 3.63) is 35.6 Å². The van der Waals surface area contributed by atoms with Crippen LogP contribution in [0.3, 0.4) is 0 Å². The van der Waals surface area contributed by atoms with Crippen molar-refractivity contribution in [2.75, 3.05) is 6.61 Å². The van der Waals surface area contributed by atoms with Crippen LogP contribution in [-0.4, -0.2) is 17.6 Å². The fourth-order valence-electron chi connectivity index (χ4n) is 1.49. The summed E-state index contributed by atoms with van der Waals surface area (Å²) >= 11 is 5.07. The predicted octanol–water partition coefficient (Wildman–Crippen LogP) is 5.56. The van der Waals surface area contributed by atoms with Crippen molar-refractivity contribution in [3.63, 3.8) is 0 Å². The van der Waals surface area contributed by atoms with Crippen LogP contribution in [0.25, 0.3) is 0 Å². The zero-order chi connectivity index (χ0) is 15.4. The van der Waals surface area contributed by atoms with Gasteiger partial charge >= 0.3 is 0 Å². The second kappa shape index (κ2) is 12.0. The first-order valence-electron chi connectivity index (χ1n) is 7.46. The van der Waals surface area contributed by atoms with E-state index in [-0.39, 0.29) is 5.82 Å². The molecule has 0 aliphatic heterocycles. The quantitative estimate of drug-likeness (QED) is 0.482. The number of hydrogen-bond donors (Lipinski definition) is 0. The van der Waals surface area contributed by atoms with Gasteiger partial charge in [-0.25, -0.2) is 4.39 Å². The van der Waals surface area contributed by atoms with Gasteiger partial charge in [-0.3, -0.25) is 0 Å². The number of thiocarbonyl (C=S) groups is 1. The normalized spacial score (nSPS) is 11.4. The SMILES string of the molecule is CCCC(=S)c1ccccc1F.CCCOC(C)CC. The molecule has 1 rings (SSSR count). The fraction of sp³-hybridized carbons (Fsp3) is 0.588. The van der Waals surface area contributed by atoms with Crippen molar-refractivity contribution in [3.8, 4) is 0 Å². The molecule has 20 heavy (non-hydrogen) atoms. The first-order valence-corrected chi connectivity index (χ1v) is 7.86. The van der Waals surface area contributed by atoms with Gasteiger partial charge in [0.2, 0.25) is 0 Å². The minimum Gasteiger partial charge on any atom is -0.379 e. The van der Waals surface area contributed by atoms with Crippen LogP contribution in [0, 0.1) is 5.82 Å². The molecule has 0 saturated carbocycles. The Labute approximate surface area is 128 Å². The van der Waals surface area contributed by atoms with Gasteiger partial charge in [0, 0.05) is 17.0 Å². The van der Waals surface area contributed by atoms with Crippen molar-refractivity contribution < 1.29 is 9.13 Å². The molecule has 0 aliphatic rings. The molecule has 1 nitrogen and oxygen atoms in total. The lowest BCUT2D eigenvalue weighted by Gasteiger charge is -2.07. The minimum absolute atomic E-state index is 0.212. The molecule has 3 heteroatoms. The Morgan fingerprint density at radius 1 is 1.20 bits per heavy atom. The van der Waals surface area contributed by atoms with Gasteiger partial charge in [0.1, 0.15) is 5.82 Å². The molecule has 0 aliphatic carbocycles. The largest absolute Gasteiger partial charge is 0.379 e. The summed E-state index contributed by atoms with van der Waals surface area (Å²) in [5.74, 6) is -0.212. The summed E-state index contributed by atoms with van der Waals surface area (Å²) < 4.78 is 18.4. The van der Waals surface area contributed by atoms with Crippen LogP contribution in [0.15, 0.2) is 24.3 Å². The van der Waals surface area contributed by atoms with E-state index in [4.69, 9.17) is 17.0 Å². The molecule has 0 bridgehead atoms. The Kier molecular flexibility index (Phi) is 11.5. The Morgan fingerprint density at radius 2 is 1.85 bits per heavy atom. The van der Waals surface area contributed by atoms with Crippen LogP contribution in [-0.2, 0) is 4.74 Å². The Morgan fingerprint density at radius 3 is 2.35 bits per heavy atom. The molecule has 1 aromatic carbocycles. The van der Waals surface area contributed by atoms with Gasteiger partial charge < -0.3 is 4.74 Å². The van der Waals surface area contributed by atoms with E-state index in [1.165, 1.54) is 6.07 Å². The van der Waals surface area contributed by atoms with Gasteiger partial charge in [-0.15, -0.1) is 0 Å². The standard InChI is InChI=1S/C10H11FS.C7H16O/c1-2-5-10(12)8-6-3-4-7-9(8)11;1-4-6-8-7(3)5-2/h3-4,6-7H,2,5H2,1H3;7H,4-6H2,1-3H3. The summed E-state index contributed by atoms with van der Waals surface area (Å²) in [5, 5.41) is 0. The zero-order valence-corrected chi connectivity index (χ0v) is 13.9. The van der Waals surface area contributed by atoms with E-state index in [9.17, 15) is 4.39 Å². The van der Waals surface area contributed by atoms with Crippen molar-refractivity contribution in [2.45, 2.75) is 59.5 Å². The highest BCUT2D eigenvalue weighted by atomic mass is 32.1. The van der Waals surface area contributed by atoms with E-state index < -0.39 is 0 Å². The summed E-state index contributed by atoms with van der Waals surface area (Å²) in [5.41, 5.74) is 0.578. The molecule has 1 unspecified atom stereocenters. The average molecular weight is 298 g/mol. The van der Waals surface area contributed by atoms with Crippen LogP contribution in [0.2, 0.25) is 0 Å². The van der Waals surface area contributed by atoms with Crippen LogP contribution in [0.5, 0.6) is 0 Å². The summed E-state index contributed by atoms with van der Waals surface area (Å²) in [6.07, 6.45) is 4.46. The molecule has 0 N–H and O–H groups in total. The van der Waals surface area contributed by atoms with Crippen LogP contribution in [0.1, 0.15) is 58.9 Å². The molecular formula is C17H27FOS. The molecule has 0 aromatic heterocycles. The van der Waals surface area contributed by atoms with Gasteiger partial charge in [-0.1, -0.05) is 57.6 Å².